The van der Waals surface area contributed by atoms with Crippen LogP contribution < -0.4 is 20.7 Å². The molecule has 0 aliphatic carbocycles. The molecule has 0 saturated carbocycles. The van der Waals surface area contributed by atoms with Crippen LogP contribution in [0.5, 0.6) is 11.5 Å². The summed E-state index contributed by atoms with van der Waals surface area (Å²) < 4.78 is 22.6. The number of hydrogen-bond acceptors (Lipinski definition) is 7. The number of ether oxygens (including phenoxy) is 2. The van der Waals surface area contributed by atoms with E-state index in [0.717, 1.165) is 22.6 Å². The van der Waals surface area contributed by atoms with Crippen molar-refractivity contribution in [1.82, 2.24) is 4.90 Å². The molecule has 0 saturated heterocycles. The highest BCUT2D eigenvalue weighted by molar-refractivity contribution is 6.31. The zero-order valence-electron chi connectivity index (χ0n) is 20.0. The van der Waals surface area contributed by atoms with Gasteiger partial charge in [0, 0.05) is 40.5 Å². The Bertz CT molecular complexity index is 1770. The highest BCUT2D eigenvalue weighted by Crippen LogP contribution is 2.36. The Hall–Kier alpha value is -4.07. The maximum absolute atomic E-state index is 13.0. The van der Waals surface area contributed by atoms with Gasteiger partial charge in [0.15, 0.2) is 11.3 Å². The third-order valence-corrected chi connectivity index (χ3v) is 7.01. The van der Waals surface area contributed by atoms with Gasteiger partial charge in [0.05, 0.1) is 18.2 Å². The van der Waals surface area contributed by atoms with Gasteiger partial charge >= 0.3 is 11.3 Å². The second-order valence-electron chi connectivity index (χ2n) is 8.89. The number of hydrogen-bond donors (Lipinski definition) is 0. The summed E-state index contributed by atoms with van der Waals surface area (Å²) in [6.07, 6.45) is 0.750. The van der Waals surface area contributed by atoms with E-state index in [4.69, 9.17) is 29.9 Å². The molecule has 1 aliphatic heterocycles. The number of benzene rings is 3. The lowest BCUT2D eigenvalue weighted by Gasteiger charge is -2.29. The Morgan fingerprint density at radius 3 is 2.65 bits per heavy atom. The van der Waals surface area contributed by atoms with E-state index in [-0.39, 0.29) is 5.56 Å². The van der Waals surface area contributed by atoms with Gasteiger partial charge in [-0.05, 0) is 42.3 Å². The van der Waals surface area contributed by atoms with E-state index in [9.17, 15) is 9.59 Å². The van der Waals surface area contributed by atoms with Crippen LogP contribution in [0.15, 0.2) is 85.2 Å². The van der Waals surface area contributed by atoms with E-state index >= 15 is 0 Å². The monoisotopic (exact) mass is 515 g/mol. The van der Waals surface area contributed by atoms with Crippen LogP contribution in [0.4, 0.5) is 0 Å². The second-order valence-corrected chi connectivity index (χ2v) is 9.30. The van der Waals surface area contributed by atoms with Gasteiger partial charge in [0.1, 0.15) is 18.1 Å². The van der Waals surface area contributed by atoms with Crippen molar-refractivity contribution in [3.63, 3.8) is 0 Å². The van der Waals surface area contributed by atoms with Crippen molar-refractivity contribution in [1.29, 1.82) is 0 Å². The molecule has 7 nitrogen and oxygen atoms in total. The molecule has 3 heterocycles. The minimum Gasteiger partial charge on any atom is -0.493 e. The molecular weight excluding hydrogens is 494 g/mol. The van der Waals surface area contributed by atoms with Gasteiger partial charge in [0.2, 0.25) is 0 Å². The SMILES string of the molecule is COc1cccc2cc(-c3cc(=O)oc4c5c(ccc34)OCN(CCc3ccccc3Cl)C5)c(=O)oc12. The van der Waals surface area contributed by atoms with Crippen molar-refractivity contribution in [3.05, 3.63) is 104 Å². The van der Waals surface area contributed by atoms with E-state index < -0.39 is 11.3 Å². The van der Waals surface area contributed by atoms with Crippen LogP contribution in [-0.2, 0) is 13.0 Å². The fraction of sp³-hybridized carbons (Fsp3) is 0.172. The zero-order chi connectivity index (χ0) is 25.5. The first-order valence-electron chi connectivity index (χ1n) is 11.8. The van der Waals surface area contributed by atoms with E-state index in [1.165, 1.54) is 13.2 Å². The van der Waals surface area contributed by atoms with Gasteiger partial charge in [-0.1, -0.05) is 41.9 Å². The van der Waals surface area contributed by atoms with Crippen molar-refractivity contribution >= 4 is 33.5 Å². The average molecular weight is 516 g/mol. The second kappa shape index (κ2) is 9.42. The van der Waals surface area contributed by atoms with Gasteiger partial charge < -0.3 is 18.3 Å². The minimum absolute atomic E-state index is 0.269. The minimum atomic E-state index is -0.570. The third kappa shape index (κ3) is 4.26. The molecule has 1 aliphatic rings. The van der Waals surface area contributed by atoms with Crippen molar-refractivity contribution in [3.8, 4) is 22.6 Å². The molecule has 8 heteroatoms. The topological polar surface area (TPSA) is 82.1 Å². The summed E-state index contributed by atoms with van der Waals surface area (Å²) in [5, 5.41) is 2.04. The van der Waals surface area contributed by atoms with E-state index in [1.54, 1.807) is 18.2 Å². The fourth-order valence-electron chi connectivity index (χ4n) is 4.79. The van der Waals surface area contributed by atoms with Crippen LogP contribution in [0.2, 0.25) is 5.02 Å². The molecular formula is C29H22ClNO6. The van der Waals surface area contributed by atoms with Gasteiger partial charge in [-0.15, -0.1) is 0 Å². The van der Waals surface area contributed by atoms with Crippen LogP contribution >= 0.6 is 11.6 Å². The summed E-state index contributed by atoms with van der Waals surface area (Å²) in [5.74, 6) is 1.11. The summed E-state index contributed by atoms with van der Waals surface area (Å²) in [6.45, 7) is 1.63. The van der Waals surface area contributed by atoms with Crippen LogP contribution in [0.25, 0.3) is 33.1 Å². The van der Waals surface area contributed by atoms with E-state index in [0.29, 0.717) is 58.8 Å². The van der Waals surface area contributed by atoms with Crippen LogP contribution in [-0.4, -0.2) is 25.3 Å². The Morgan fingerprint density at radius 1 is 0.946 bits per heavy atom. The first kappa shape index (κ1) is 23.3. The lowest BCUT2D eigenvalue weighted by molar-refractivity contribution is 0.0968. The number of para-hydroxylation sites is 1. The lowest BCUT2D eigenvalue weighted by atomic mass is 9.99. The lowest BCUT2D eigenvalue weighted by Crippen LogP contribution is -2.33. The quantitative estimate of drug-likeness (QED) is 0.281. The molecule has 0 bridgehead atoms. The van der Waals surface area contributed by atoms with Crippen LogP contribution in [0.3, 0.4) is 0 Å². The molecule has 0 spiro atoms. The van der Waals surface area contributed by atoms with Crippen LogP contribution in [0, 0.1) is 0 Å². The molecule has 2 aromatic heterocycles. The molecule has 0 atom stereocenters. The number of rotatable bonds is 5. The van der Waals surface area contributed by atoms with E-state index in [2.05, 4.69) is 4.90 Å². The summed E-state index contributed by atoms with van der Waals surface area (Å²) in [4.78, 5) is 27.8. The van der Waals surface area contributed by atoms with Gasteiger partial charge in [-0.3, -0.25) is 4.90 Å². The number of halogens is 1. The van der Waals surface area contributed by atoms with Crippen molar-refractivity contribution in [2.24, 2.45) is 0 Å². The number of fused-ring (bicyclic) bond motifs is 4. The predicted octanol–water partition coefficient (Wildman–Crippen LogP) is 5.62. The predicted molar refractivity (Wildman–Crippen MR) is 142 cm³/mol. The molecule has 0 radical (unpaired) electrons. The third-order valence-electron chi connectivity index (χ3n) is 6.65. The molecule has 0 amide bonds. The smallest absolute Gasteiger partial charge is 0.344 e. The molecule has 37 heavy (non-hydrogen) atoms. The summed E-state index contributed by atoms with van der Waals surface area (Å²) in [6, 6.07) is 19.8. The van der Waals surface area contributed by atoms with Gasteiger partial charge in [0.25, 0.3) is 0 Å². The zero-order valence-corrected chi connectivity index (χ0v) is 20.7. The summed E-state index contributed by atoms with van der Waals surface area (Å²) in [5.41, 5.74) is 2.15. The Labute approximate surface area is 216 Å². The maximum atomic E-state index is 13.0. The molecule has 186 valence electrons. The largest absolute Gasteiger partial charge is 0.493 e. The normalized spacial score (nSPS) is 13.5. The summed E-state index contributed by atoms with van der Waals surface area (Å²) in [7, 11) is 1.52. The van der Waals surface area contributed by atoms with Crippen molar-refractivity contribution < 1.29 is 18.3 Å². The van der Waals surface area contributed by atoms with Gasteiger partial charge in [-0.2, -0.15) is 0 Å². The number of nitrogens with zero attached hydrogens (tertiary/aromatic N) is 1. The average Bonchev–Trinajstić information content (AvgIpc) is 2.91. The fourth-order valence-corrected chi connectivity index (χ4v) is 5.02. The molecule has 5 aromatic rings. The highest BCUT2D eigenvalue weighted by atomic mass is 35.5. The molecule has 0 N–H and O–H groups in total. The molecule has 6 rings (SSSR count). The van der Waals surface area contributed by atoms with Crippen LogP contribution in [0.1, 0.15) is 11.1 Å². The Morgan fingerprint density at radius 2 is 1.81 bits per heavy atom. The van der Waals surface area contributed by atoms with E-state index in [1.807, 2.05) is 42.5 Å². The van der Waals surface area contributed by atoms with Crippen molar-refractivity contribution in [2.75, 3.05) is 20.4 Å². The first-order valence-corrected chi connectivity index (χ1v) is 12.2. The Balaban J connectivity index is 1.41. The molecule has 3 aromatic carbocycles. The van der Waals surface area contributed by atoms with Gasteiger partial charge in [-0.25, -0.2) is 9.59 Å². The first-order chi connectivity index (χ1) is 18.0. The van der Waals surface area contributed by atoms with Crippen molar-refractivity contribution in [2.45, 2.75) is 13.0 Å². The maximum Gasteiger partial charge on any atom is 0.344 e. The molecule has 0 unspecified atom stereocenters. The molecule has 0 fully saturated rings. The number of methoxy groups -OCH3 is 1. The highest BCUT2D eigenvalue weighted by Gasteiger charge is 2.24. The standard InChI is InChI=1S/C29H22ClNO6/c1-34-25-8-4-6-18-13-21(29(33)37-27(18)25)20-14-26(32)36-28-19(20)9-10-24-22(28)15-31(16-35-24)12-11-17-5-2-3-7-23(17)30/h2-10,13-14H,11-12,15-16H2,1H3. The summed E-state index contributed by atoms with van der Waals surface area (Å²) >= 11 is 6.32. The Kier molecular flexibility index (Phi) is 5.94.